The van der Waals surface area contributed by atoms with Crippen LogP contribution in [0.25, 0.3) is 5.65 Å². The summed E-state index contributed by atoms with van der Waals surface area (Å²) in [5, 5.41) is 3.33. The van der Waals surface area contributed by atoms with Crippen molar-refractivity contribution in [3.63, 3.8) is 0 Å². The zero-order chi connectivity index (χ0) is 14.7. The van der Waals surface area contributed by atoms with Gasteiger partial charge >= 0.3 is 0 Å². The van der Waals surface area contributed by atoms with Crippen LogP contribution in [-0.2, 0) is 6.54 Å². The summed E-state index contributed by atoms with van der Waals surface area (Å²) >= 11 is 0. The molecule has 0 saturated carbocycles. The van der Waals surface area contributed by atoms with Crippen molar-refractivity contribution in [3.8, 4) is 0 Å². The third-order valence-electron chi connectivity index (χ3n) is 3.34. The molecule has 5 heteroatoms. The van der Waals surface area contributed by atoms with Crippen molar-refractivity contribution in [2.75, 3.05) is 0 Å². The van der Waals surface area contributed by atoms with Gasteiger partial charge < -0.3 is 5.32 Å². The molecule has 0 fully saturated rings. The molecule has 1 N–H and O–H groups in total. The predicted octanol–water partition coefficient (Wildman–Crippen LogP) is 1.94. The summed E-state index contributed by atoms with van der Waals surface area (Å²) in [5.41, 5.74) is 2.29. The SMILES string of the molecule is CC(NCc1cc(=O)n2ccccc2n1)c1ccccn1. The van der Waals surface area contributed by atoms with E-state index in [-0.39, 0.29) is 11.6 Å². The summed E-state index contributed by atoms with van der Waals surface area (Å²) in [4.78, 5) is 20.8. The molecule has 0 radical (unpaired) electrons. The molecular weight excluding hydrogens is 264 g/mol. The number of nitrogens with one attached hydrogen (secondary N) is 1. The maximum Gasteiger partial charge on any atom is 0.258 e. The number of aromatic nitrogens is 3. The zero-order valence-corrected chi connectivity index (χ0v) is 11.7. The van der Waals surface area contributed by atoms with E-state index in [1.54, 1.807) is 18.5 Å². The standard InChI is InChI=1S/C16H16N4O/c1-12(14-6-2-4-8-17-14)18-11-13-10-16(21)20-9-5-3-7-15(20)19-13/h2-10,12,18H,11H2,1H3. The third kappa shape index (κ3) is 2.98. The second kappa shape index (κ2) is 5.85. The lowest BCUT2D eigenvalue weighted by molar-refractivity contribution is 0.555. The van der Waals surface area contributed by atoms with Crippen molar-refractivity contribution in [2.24, 2.45) is 0 Å². The average molecular weight is 280 g/mol. The Labute approximate surface area is 122 Å². The normalized spacial score (nSPS) is 12.4. The Kier molecular flexibility index (Phi) is 3.75. The fraction of sp³-hybridized carbons (Fsp3) is 0.188. The molecule has 5 nitrogen and oxygen atoms in total. The van der Waals surface area contributed by atoms with Gasteiger partial charge in [-0.1, -0.05) is 12.1 Å². The van der Waals surface area contributed by atoms with E-state index in [1.165, 1.54) is 4.40 Å². The van der Waals surface area contributed by atoms with E-state index in [9.17, 15) is 4.79 Å². The summed E-state index contributed by atoms with van der Waals surface area (Å²) < 4.78 is 1.53. The van der Waals surface area contributed by atoms with Gasteiger partial charge in [-0.2, -0.15) is 0 Å². The summed E-state index contributed by atoms with van der Waals surface area (Å²) in [5.74, 6) is 0. The molecule has 0 saturated heterocycles. The van der Waals surface area contributed by atoms with Crippen LogP contribution in [0.1, 0.15) is 24.4 Å². The minimum Gasteiger partial charge on any atom is -0.303 e. The number of nitrogens with zero attached hydrogens (tertiary/aromatic N) is 3. The van der Waals surface area contributed by atoms with Crippen LogP contribution in [0, 0.1) is 0 Å². The first-order valence-electron chi connectivity index (χ1n) is 6.86. The molecule has 3 aromatic rings. The molecule has 3 rings (SSSR count). The smallest absolute Gasteiger partial charge is 0.258 e. The van der Waals surface area contributed by atoms with Gasteiger partial charge in [-0.05, 0) is 31.2 Å². The van der Waals surface area contributed by atoms with Gasteiger partial charge in [-0.25, -0.2) is 4.98 Å². The topological polar surface area (TPSA) is 59.3 Å². The van der Waals surface area contributed by atoms with Gasteiger partial charge in [0.05, 0.1) is 11.4 Å². The van der Waals surface area contributed by atoms with Gasteiger partial charge in [0, 0.05) is 31.0 Å². The number of hydrogen-bond donors (Lipinski definition) is 1. The Bertz CT molecular complexity index is 798. The van der Waals surface area contributed by atoms with Crippen LogP contribution in [0.4, 0.5) is 0 Å². The maximum atomic E-state index is 12.0. The summed E-state index contributed by atoms with van der Waals surface area (Å²) in [6, 6.07) is 13.0. The van der Waals surface area contributed by atoms with E-state index in [4.69, 9.17) is 0 Å². The molecule has 3 aromatic heterocycles. The minimum absolute atomic E-state index is 0.0668. The highest BCUT2D eigenvalue weighted by molar-refractivity contribution is 5.37. The number of hydrogen-bond acceptors (Lipinski definition) is 4. The van der Waals surface area contributed by atoms with E-state index in [1.807, 2.05) is 43.3 Å². The summed E-state index contributed by atoms with van der Waals surface area (Å²) in [6.45, 7) is 2.56. The largest absolute Gasteiger partial charge is 0.303 e. The van der Waals surface area contributed by atoms with Crippen molar-refractivity contribution in [1.82, 2.24) is 19.7 Å². The minimum atomic E-state index is -0.0668. The Morgan fingerprint density at radius 3 is 2.90 bits per heavy atom. The van der Waals surface area contributed by atoms with Gasteiger partial charge in [-0.15, -0.1) is 0 Å². The molecule has 21 heavy (non-hydrogen) atoms. The van der Waals surface area contributed by atoms with Crippen LogP contribution in [0.2, 0.25) is 0 Å². The van der Waals surface area contributed by atoms with Crippen molar-refractivity contribution in [2.45, 2.75) is 19.5 Å². The summed E-state index contributed by atoms with van der Waals surface area (Å²) in [6.07, 6.45) is 3.49. The van der Waals surface area contributed by atoms with Crippen molar-refractivity contribution < 1.29 is 0 Å². The molecule has 0 aliphatic carbocycles. The molecule has 0 spiro atoms. The maximum absolute atomic E-state index is 12.0. The fourth-order valence-electron chi connectivity index (χ4n) is 2.19. The highest BCUT2D eigenvalue weighted by Crippen LogP contribution is 2.08. The Hall–Kier alpha value is -2.53. The first-order chi connectivity index (χ1) is 10.2. The Morgan fingerprint density at radius 1 is 1.24 bits per heavy atom. The van der Waals surface area contributed by atoms with Crippen molar-refractivity contribution in [3.05, 3.63) is 76.6 Å². The third-order valence-corrected chi connectivity index (χ3v) is 3.34. The lowest BCUT2D eigenvalue weighted by Crippen LogP contribution is -2.22. The molecule has 3 heterocycles. The van der Waals surface area contributed by atoms with Crippen LogP contribution in [0.3, 0.4) is 0 Å². The van der Waals surface area contributed by atoms with Gasteiger partial charge in [0.2, 0.25) is 0 Å². The molecule has 0 aromatic carbocycles. The van der Waals surface area contributed by atoms with Crippen LogP contribution in [-0.4, -0.2) is 14.4 Å². The number of fused-ring (bicyclic) bond motifs is 1. The second-order valence-electron chi connectivity index (χ2n) is 4.87. The van der Waals surface area contributed by atoms with Crippen molar-refractivity contribution >= 4 is 5.65 Å². The van der Waals surface area contributed by atoms with Crippen LogP contribution in [0.5, 0.6) is 0 Å². The molecule has 0 bridgehead atoms. The van der Waals surface area contributed by atoms with E-state index >= 15 is 0 Å². The highest BCUT2D eigenvalue weighted by atomic mass is 16.1. The number of pyridine rings is 2. The van der Waals surface area contributed by atoms with Gasteiger partial charge in [0.15, 0.2) is 0 Å². The predicted molar refractivity (Wildman–Crippen MR) is 81.0 cm³/mol. The van der Waals surface area contributed by atoms with Crippen molar-refractivity contribution in [1.29, 1.82) is 0 Å². The van der Waals surface area contributed by atoms with Crippen LogP contribution < -0.4 is 10.9 Å². The molecule has 1 unspecified atom stereocenters. The number of rotatable bonds is 4. The lowest BCUT2D eigenvalue weighted by Gasteiger charge is -2.13. The Balaban J connectivity index is 1.78. The van der Waals surface area contributed by atoms with E-state index in [0.29, 0.717) is 12.2 Å². The molecule has 106 valence electrons. The van der Waals surface area contributed by atoms with Gasteiger partial charge in [0.25, 0.3) is 5.56 Å². The molecule has 0 amide bonds. The van der Waals surface area contributed by atoms with E-state index in [0.717, 1.165) is 11.4 Å². The molecular formula is C16H16N4O. The zero-order valence-electron chi connectivity index (χ0n) is 11.7. The van der Waals surface area contributed by atoms with E-state index in [2.05, 4.69) is 15.3 Å². The Morgan fingerprint density at radius 2 is 2.10 bits per heavy atom. The van der Waals surface area contributed by atoms with E-state index < -0.39 is 0 Å². The van der Waals surface area contributed by atoms with Gasteiger partial charge in [0.1, 0.15) is 5.65 Å². The monoisotopic (exact) mass is 280 g/mol. The second-order valence-corrected chi connectivity index (χ2v) is 4.87. The van der Waals surface area contributed by atoms with Crippen LogP contribution >= 0.6 is 0 Å². The quantitative estimate of drug-likeness (QED) is 0.793. The molecule has 1 atom stereocenters. The van der Waals surface area contributed by atoms with Crippen LogP contribution in [0.15, 0.2) is 59.7 Å². The first-order valence-corrected chi connectivity index (χ1v) is 6.86. The highest BCUT2D eigenvalue weighted by Gasteiger charge is 2.07. The molecule has 0 aliphatic heterocycles. The average Bonchev–Trinajstić information content (AvgIpc) is 2.53. The first kappa shape index (κ1) is 13.5. The summed E-state index contributed by atoms with van der Waals surface area (Å²) in [7, 11) is 0. The fourth-order valence-corrected chi connectivity index (χ4v) is 2.19. The molecule has 0 aliphatic rings. The lowest BCUT2D eigenvalue weighted by atomic mass is 10.2. The van der Waals surface area contributed by atoms with Gasteiger partial charge in [-0.3, -0.25) is 14.2 Å².